The number of hydrogen-bond acceptors (Lipinski definition) is 17. The van der Waals surface area contributed by atoms with Crippen molar-refractivity contribution in [3.63, 3.8) is 0 Å². The number of ether oxygens (including phenoxy) is 6. The maximum atomic E-state index is 11.8. The molecule has 2 heterocycles. The van der Waals surface area contributed by atoms with Crippen LogP contribution in [0.15, 0.2) is 0 Å². The summed E-state index contributed by atoms with van der Waals surface area (Å²) >= 11 is 6.66. The molecule has 2 amide bonds. The van der Waals surface area contributed by atoms with E-state index in [4.69, 9.17) is 36.9 Å². The van der Waals surface area contributed by atoms with Crippen LogP contribution in [0.25, 0.3) is 0 Å². The average molecular weight is 1960 g/mol. The molecule has 19 nitrogen and oxygen atoms in total. The third-order valence-corrected chi connectivity index (χ3v) is 16.0. The Morgan fingerprint density at radius 2 is 0.785 bits per heavy atom. The van der Waals surface area contributed by atoms with Crippen LogP contribution in [-0.4, -0.2) is 236 Å². The normalized spacial score (nSPS) is 15.6. The second-order valence-electron chi connectivity index (χ2n) is 27.7. The van der Waals surface area contributed by atoms with Gasteiger partial charge in [0.1, 0.15) is 23.3 Å². The first-order valence-electron chi connectivity index (χ1n) is 35.1. The van der Waals surface area contributed by atoms with E-state index in [2.05, 4.69) is 113 Å². The zero-order valence-corrected chi connectivity index (χ0v) is 84.8. The van der Waals surface area contributed by atoms with Crippen molar-refractivity contribution in [3.8, 4) is 0 Å². The number of carbonyl (C=O) groups is 4. The standard InChI is InChI=1S/C14H27NO3.C12H25NO.C11H21NO4.C9H19NO.C6H13NO2.C4H8Br2.2C4H8O.C4H8.C2H6.CH4O.4CH4.2BrH.ClH.3Mg.5H2S.2H/c1-10(2)11(14(17)8-6-7-9-14)15-12(16)18-13(3,4)5;1-9(2)11(13-10(3)4)12(14)7-5-6-8-12;1-7(2)8(9(13)15-6)12-10(14)16-11(3,4)5;1-7(2)8(10)9(11)5-3-4-6-9;1-4(2)5(7)6(8)9-3;5-3-1-2-4-6;2*1-2-4-5-3-1;1-3-4-2;2*1-2;;;;;;;;;;;;;;;;;/h10-11,17H,6-9H2,1-5H3,(H,15,16);9-11,13-14H,5-8H2,1-4H3;7-8H,1-6H3,(H,12,14);7-8,11H,3-6,10H2,1-2H3;4-5H,7H2,1-3H3;1-4H2;2*1-4H2;1-4H2;1-2H3;2H,1H3;4*1H4;3*1H;;;;5*1H2;;/q;;;;;;;;-2;;;;;;;;;;3*+2;;;;;;2*-1/p-2/t2*11-;2*8-;5-;;;;;;;;;;;;;;;;;;;;;;;/m00000......................./s1/i;;;;;;;;;1D;;;;;;;;;;;;;;;;;;. The number of rotatable bonds is 18. The van der Waals surface area contributed by atoms with Crippen LogP contribution in [0, 0.1) is 43.4 Å². The maximum Gasteiger partial charge on any atom is 2.00 e. The van der Waals surface area contributed by atoms with Gasteiger partial charge in [-0.3, -0.25) is 4.79 Å². The Hall–Kier alpha value is 3.38. The van der Waals surface area contributed by atoms with E-state index in [1.54, 1.807) is 27.7 Å². The number of nitrogens with two attached hydrogens (primary N) is 2. The minimum atomic E-state index is -0.773. The number of aliphatic hydroxyl groups excluding tert-OH is 1. The second-order valence-corrected chi connectivity index (χ2v) is 29.3. The molecule has 0 aromatic heterocycles. The van der Waals surface area contributed by atoms with E-state index in [1.807, 2.05) is 62.3 Å². The first-order chi connectivity index (χ1) is 43.2. The Morgan fingerprint density at radius 3 is 0.972 bits per heavy atom. The van der Waals surface area contributed by atoms with E-state index < -0.39 is 58.2 Å². The first kappa shape index (κ1) is 162. The van der Waals surface area contributed by atoms with Gasteiger partial charge in [-0.25, -0.2) is 27.2 Å². The van der Waals surface area contributed by atoms with Gasteiger partial charge in [-0.1, -0.05) is 197 Å². The number of nitrogens with one attached hydrogen (secondary N) is 3. The summed E-state index contributed by atoms with van der Waals surface area (Å²) in [6, 6.07) is -0.730. The van der Waals surface area contributed by atoms with Crippen LogP contribution in [-0.2, 0) is 38.0 Å². The van der Waals surface area contributed by atoms with Gasteiger partial charge in [0.25, 0.3) is 0 Å². The molecule has 5 rings (SSSR count). The molecule has 0 radical (unpaired) electrons. The summed E-state index contributed by atoms with van der Waals surface area (Å²) in [6.45, 7) is 48.4. The third-order valence-electron chi connectivity index (χ3n) is 14.8. The summed E-state index contributed by atoms with van der Waals surface area (Å²) in [4.78, 5) is 45.2. The topological polar surface area (TPSA) is 293 Å². The van der Waals surface area contributed by atoms with Crippen LogP contribution in [0.3, 0.4) is 0 Å². The van der Waals surface area contributed by atoms with E-state index in [0.717, 1.165) is 121 Å². The molecule has 0 aromatic rings. The molecule has 656 valence electrons. The Bertz CT molecular complexity index is 1780. The molecule has 32 heteroatoms. The van der Waals surface area contributed by atoms with E-state index in [9.17, 15) is 34.5 Å². The van der Waals surface area contributed by atoms with Crippen molar-refractivity contribution in [2.45, 2.75) is 361 Å². The van der Waals surface area contributed by atoms with Gasteiger partial charge in [-0.15, -0.1) is 12.4 Å². The fourth-order valence-electron chi connectivity index (χ4n) is 9.90. The van der Waals surface area contributed by atoms with Gasteiger partial charge in [0.05, 0.1) is 37.1 Å². The predicted molar refractivity (Wildman–Crippen MR) is 495 cm³/mol. The third kappa shape index (κ3) is 93.1. The van der Waals surface area contributed by atoms with Crippen molar-refractivity contribution in [1.82, 2.24) is 16.0 Å². The Balaban J connectivity index is -0.0000000369. The van der Waals surface area contributed by atoms with Gasteiger partial charge in [-0.2, -0.15) is 67.5 Å². The van der Waals surface area contributed by atoms with Gasteiger partial charge in [0.15, 0.2) is 0 Å². The molecule has 0 spiro atoms. The largest absolute Gasteiger partial charge is 2.00 e. The number of alkyl carbamates (subject to hydrolysis) is 2. The number of amides is 2. The summed E-state index contributed by atoms with van der Waals surface area (Å²) in [5.74, 6) is 0.350. The smallest absolute Gasteiger partial charge is 1.00 e. The number of hydrogen-bond donors (Lipinski definition) is 9. The predicted octanol–water partition coefficient (Wildman–Crippen LogP) is 11.1. The summed E-state index contributed by atoms with van der Waals surface area (Å²) in [5.41, 5.74) is 8.44. The molecule has 3 saturated carbocycles. The van der Waals surface area contributed by atoms with Crippen molar-refractivity contribution in [1.29, 1.82) is 0 Å². The average Bonchev–Trinajstić information content (AvgIpc) is 1.64. The van der Waals surface area contributed by atoms with E-state index >= 15 is 0 Å². The number of esters is 2. The van der Waals surface area contributed by atoms with Crippen LogP contribution < -0.4 is 61.4 Å². The zero-order chi connectivity index (χ0) is 73.6. The van der Waals surface area contributed by atoms with E-state index in [1.165, 1.54) is 65.6 Å². The second kappa shape index (κ2) is 99.9. The molecule has 107 heavy (non-hydrogen) atoms. The minimum Gasteiger partial charge on any atom is -1.00 e. The Kier molecular flexibility index (Phi) is 151. The number of aliphatic hydroxyl groups is 4. The first-order valence-corrected chi connectivity index (χ1v) is 36.6. The minimum absolute atomic E-state index is 0. The van der Waals surface area contributed by atoms with Crippen LogP contribution in [0.5, 0.6) is 0 Å². The van der Waals surface area contributed by atoms with Gasteiger partial charge in [0, 0.05) is 63.7 Å². The molecule has 5 fully saturated rings. The van der Waals surface area contributed by atoms with Gasteiger partial charge < -0.3 is 127 Å². The molecule has 0 unspecified atom stereocenters. The van der Waals surface area contributed by atoms with Crippen molar-refractivity contribution >= 4 is 205 Å². The number of halogens is 5. The maximum absolute atomic E-state index is 11.8. The molecule has 2 aliphatic heterocycles. The van der Waals surface area contributed by atoms with Crippen LogP contribution >= 0.6 is 112 Å². The molecule has 2 saturated heterocycles. The van der Waals surface area contributed by atoms with Crippen molar-refractivity contribution in [2.24, 2.45) is 41.1 Å². The molecular weight excluding hydrogens is 1780 g/mol. The summed E-state index contributed by atoms with van der Waals surface area (Å²) in [6.07, 6.45) is 20.5. The van der Waals surface area contributed by atoms with Crippen molar-refractivity contribution < 1.29 is 106 Å². The molecule has 5 atom stereocenters. The molecular formula is C75H176Br4ClMg3N5O14S5. The molecule has 11 N–H and O–H groups in total. The monoisotopic (exact) mass is 1950 g/mol. The molecule has 0 bridgehead atoms. The van der Waals surface area contributed by atoms with Gasteiger partial charge >= 0.3 is 93.3 Å². The quantitative estimate of drug-likeness (QED) is 0.0154. The van der Waals surface area contributed by atoms with E-state index in [0.29, 0.717) is 24.8 Å². The number of alkyl halides is 2. The fourth-order valence-corrected chi connectivity index (χ4v) is 10.7. The van der Waals surface area contributed by atoms with Crippen LogP contribution in [0.1, 0.15) is 301 Å². The summed E-state index contributed by atoms with van der Waals surface area (Å²) < 4.78 is 35.4. The Morgan fingerprint density at radius 1 is 0.514 bits per heavy atom. The molecule has 0 aromatic carbocycles. The summed E-state index contributed by atoms with van der Waals surface area (Å²) in [7, 11) is 3.62. The Labute approximate surface area is 793 Å². The molecule has 3 aliphatic carbocycles. The number of methoxy groups -OCH3 is 2. The van der Waals surface area contributed by atoms with Crippen LogP contribution in [0.4, 0.5) is 9.59 Å². The van der Waals surface area contributed by atoms with Crippen molar-refractivity contribution in [2.75, 3.05) is 58.4 Å². The zero-order valence-electron chi connectivity index (χ0n) is 71.4. The van der Waals surface area contributed by atoms with Crippen molar-refractivity contribution in [3.05, 3.63) is 13.8 Å². The van der Waals surface area contributed by atoms with Gasteiger partial charge in [0.2, 0.25) is 0 Å². The van der Waals surface area contributed by atoms with E-state index in [-0.39, 0.29) is 257 Å². The van der Waals surface area contributed by atoms with Crippen LogP contribution in [0.2, 0.25) is 0 Å². The fraction of sp³-hybridized carbons (Fsp3) is 0.920. The summed E-state index contributed by atoms with van der Waals surface area (Å²) in [5, 5.41) is 49.2. The van der Waals surface area contributed by atoms with Gasteiger partial charge in [-0.05, 0) is 148 Å². The molecule has 5 aliphatic rings. The SMILES string of the molecule is BrCCCCBr.C.C.C.C.C1CCOC1.C1CCOC1.CC(C)N[C@@H](C(C)C)C1(O)CCCC1.CC(C)[C@H](N)C1(O)CCCC1.CC(C)[C@H](NC(=O)OC(C)(C)C)C1(O)CCCC1.CO.COC(=O)[C@@H](N)C(C)C.COC(=O)[C@@H](NC(=O)OC(C)(C)C)C(C)C.Cl.S.S.S.S.S.[2H]CC.[Br-].[Br-].[CH2-]CC[CH2-].[H-].[H-].[Mg+2].[Mg+2].[Mg+2]. The number of unbranched alkanes of at least 4 members (excludes halogenated alkanes) is 2. The number of carbonyl (C=O) groups excluding carboxylic acids is 4.